The second kappa shape index (κ2) is 10.8. The maximum atomic E-state index is 12.6. The Morgan fingerprint density at radius 3 is 2.00 bits per heavy atom. The number of hydrogen-bond donors (Lipinski definition) is 0. The van der Waals surface area contributed by atoms with E-state index in [0.29, 0.717) is 16.6 Å². The van der Waals surface area contributed by atoms with E-state index in [-0.39, 0.29) is 0 Å². The number of carbonyl (C=O) groups is 1. The van der Waals surface area contributed by atoms with Crippen LogP contribution in [-0.2, 0) is 0 Å². The number of ether oxygens (including phenoxy) is 1. The van der Waals surface area contributed by atoms with Crippen molar-refractivity contribution < 1.29 is 14.4 Å². The smallest absolute Gasteiger partial charge is 0.365 e. The molecule has 0 N–H and O–H groups in total. The monoisotopic (exact) mass is 533 g/mol. The second-order valence-corrected chi connectivity index (χ2v) is 9.75. The molecule has 0 unspecified atom stereocenters. The van der Waals surface area contributed by atoms with E-state index in [4.69, 9.17) is 9.57 Å². The molecule has 6 rings (SSSR count). The first kappa shape index (κ1) is 24.4. The van der Waals surface area contributed by atoms with Gasteiger partial charge >= 0.3 is 5.97 Å². The molecule has 0 atom stereocenters. The molecule has 0 aliphatic carbocycles. The maximum Gasteiger partial charge on any atom is 0.365 e. The summed E-state index contributed by atoms with van der Waals surface area (Å²) in [6.45, 7) is 2.81. The van der Waals surface area contributed by atoms with Crippen LogP contribution in [0.15, 0.2) is 97.1 Å². The van der Waals surface area contributed by atoms with Crippen molar-refractivity contribution in [3.63, 3.8) is 0 Å². The van der Waals surface area contributed by atoms with Crippen molar-refractivity contribution >= 4 is 28.3 Å². The van der Waals surface area contributed by atoms with Gasteiger partial charge in [0.2, 0.25) is 0 Å². The molecule has 0 saturated carbocycles. The standard InChI is InChI=1S/C30H23N5O3S/c1-2-19-37-25-17-15-21(16-18-25)20-7-9-22(10-8-20)28-32-33-29(39-28)23-11-13-24(14-12-23)30(36)38-35-27-6-4-3-5-26(27)31-34-35/h3-18H,2,19H2,1H3. The summed E-state index contributed by atoms with van der Waals surface area (Å²) in [6.07, 6.45) is 0.985. The van der Waals surface area contributed by atoms with Crippen LogP contribution in [0.2, 0.25) is 0 Å². The first-order chi connectivity index (χ1) is 19.2. The minimum absolute atomic E-state index is 0.392. The largest absolute Gasteiger partial charge is 0.494 e. The Kier molecular flexibility index (Phi) is 6.80. The zero-order chi connectivity index (χ0) is 26.6. The molecule has 4 aromatic carbocycles. The van der Waals surface area contributed by atoms with Crippen molar-refractivity contribution in [1.82, 2.24) is 25.4 Å². The van der Waals surface area contributed by atoms with Crippen LogP contribution in [0.1, 0.15) is 23.7 Å². The van der Waals surface area contributed by atoms with Gasteiger partial charge in [0.15, 0.2) is 0 Å². The molecule has 8 nitrogen and oxygen atoms in total. The van der Waals surface area contributed by atoms with Crippen LogP contribution < -0.4 is 9.57 Å². The summed E-state index contributed by atoms with van der Waals surface area (Å²) < 4.78 is 5.67. The molecule has 0 aliphatic rings. The molecule has 0 radical (unpaired) electrons. The van der Waals surface area contributed by atoms with Gasteiger partial charge in [0.1, 0.15) is 26.8 Å². The third-order valence-corrected chi connectivity index (χ3v) is 7.10. The van der Waals surface area contributed by atoms with Crippen molar-refractivity contribution in [3.05, 3.63) is 103 Å². The Hall–Kier alpha value is -4.89. The summed E-state index contributed by atoms with van der Waals surface area (Å²) in [5.74, 6) is 0.353. The zero-order valence-electron chi connectivity index (χ0n) is 21.0. The molecule has 0 spiro atoms. The summed E-state index contributed by atoms with van der Waals surface area (Å²) in [5.41, 5.74) is 5.75. The van der Waals surface area contributed by atoms with Gasteiger partial charge in [0, 0.05) is 11.1 Å². The van der Waals surface area contributed by atoms with Gasteiger partial charge in [-0.25, -0.2) is 4.79 Å². The van der Waals surface area contributed by atoms with Crippen LogP contribution in [0.4, 0.5) is 0 Å². The van der Waals surface area contributed by atoms with Crippen LogP contribution in [0.3, 0.4) is 0 Å². The molecule has 0 fully saturated rings. The molecule has 0 amide bonds. The molecule has 0 aliphatic heterocycles. The van der Waals surface area contributed by atoms with Crippen LogP contribution in [0.25, 0.3) is 43.3 Å². The number of hydrogen-bond acceptors (Lipinski definition) is 8. The van der Waals surface area contributed by atoms with Crippen LogP contribution in [0.5, 0.6) is 5.75 Å². The maximum absolute atomic E-state index is 12.6. The second-order valence-electron chi connectivity index (χ2n) is 8.77. The summed E-state index contributed by atoms with van der Waals surface area (Å²) in [4.78, 5) is 19.2. The van der Waals surface area contributed by atoms with Crippen molar-refractivity contribution in [1.29, 1.82) is 0 Å². The lowest BCUT2D eigenvalue weighted by atomic mass is 10.0. The van der Waals surface area contributed by atoms with E-state index in [1.54, 1.807) is 24.3 Å². The molecule has 0 saturated heterocycles. The summed E-state index contributed by atoms with van der Waals surface area (Å²) in [6, 6.07) is 30.7. The fourth-order valence-corrected chi connectivity index (χ4v) is 4.87. The Balaban J connectivity index is 1.13. The van der Waals surface area contributed by atoms with Crippen LogP contribution in [-0.4, -0.2) is 37.9 Å². The van der Waals surface area contributed by atoms with E-state index in [2.05, 4.69) is 51.7 Å². The van der Waals surface area contributed by atoms with E-state index < -0.39 is 5.97 Å². The van der Waals surface area contributed by atoms with Crippen molar-refractivity contribution in [2.75, 3.05) is 6.61 Å². The van der Waals surface area contributed by atoms with Crippen molar-refractivity contribution in [2.24, 2.45) is 0 Å². The number of para-hydroxylation sites is 1. The molecule has 2 aromatic heterocycles. The number of aromatic nitrogens is 5. The average Bonchev–Trinajstić information content (AvgIpc) is 3.65. The van der Waals surface area contributed by atoms with Crippen LogP contribution in [0, 0.1) is 0 Å². The average molecular weight is 534 g/mol. The predicted octanol–water partition coefficient (Wildman–Crippen LogP) is 6.34. The molecule has 192 valence electrons. The van der Waals surface area contributed by atoms with Crippen LogP contribution >= 0.6 is 11.3 Å². The molecule has 39 heavy (non-hydrogen) atoms. The lowest BCUT2D eigenvalue weighted by Gasteiger charge is -2.06. The van der Waals surface area contributed by atoms with Gasteiger partial charge in [-0.15, -0.1) is 15.3 Å². The minimum atomic E-state index is -0.529. The summed E-state index contributed by atoms with van der Waals surface area (Å²) in [7, 11) is 0. The highest BCUT2D eigenvalue weighted by atomic mass is 32.1. The predicted molar refractivity (Wildman–Crippen MR) is 150 cm³/mol. The van der Waals surface area contributed by atoms with E-state index in [9.17, 15) is 4.79 Å². The highest BCUT2D eigenvalue weighted by Crippen LogP contribution is 2.32. The van der Waals surface area contributed by atoms with Gasteiger partial charge in [-0.3, -0.25) is 0 Å². The highest BCUT2D eigenvalue weighted by molar-refractivity contribution is 7.17. The molecule has 9 heteroatoms. The molecule has 0 bridgehead atoms. The third kappa shape index (κ3) is 5.25. The van der Waals surface area contributed by atoms with Gasteiger partial charge in [-0.05, 0) is 59.2 Å². The number of carbonyl (C=O) groups excluding carboxylic acids is 1. The van der Waals surface area contributed by atoms with Gasteiger partial charge in [0.05, 0.1) is 12.2 Å². The first-order valence-corrected chi connectivity index (χ1v) is 13.3. The molecule has 6 aromatic rings. The Morgan fingerprint density at radius 2 is 1.33 bits per heavy atom. The number of nitrogens with zero attached hydrogens (tertiary/aromatic N) is 5. The number of rotatable bonds is 8. The fourth-order valence-electron chi connectivity index (χ4n) is 4.02. The Morgan fingerprint density at radius 1 is 0.744 bits per heavy atom. The lowest BCUT2D eigenvalue weighted by molar-refractivity contribution is 0.0409. The van der Waals surface area contributed by atoms with Gasteiger partial charge < -0.3 is 9.57 Å². The molecular formula is C30H23N5O3S. The highest BCUT2D eigenvalue weighted by Gasteiger charge is 2.14. The first-order valence-electron chi connectivity index (χ1n) is 12.5. The van der Waals surface area contributed by atoms with Gasteiger partial charge in [-0.1, -0.05) is 83.8 Å². The fraction of sp³-hybridized carbons (Fsp3) is 0.100. The van der Waals surface area contributed by atoms with E-state index >= 15 is 0 Å². The molecule has 2 heterocycles. The SMILES string of the molecule is CCCOc1ccc(-c2ccc(-c3nnc(-c4ccc(C(=O)On5nnc6ccccc65)cc4)s3)cc2)cc1. The van der Waals surface area contributed by atoms with E-state index in [1.807, 2.05) is 48.5 Å². The van der Waals surface area contributed by atoms with Crippen molar-refractivity contribution in [2.45, 2.75) is 13.3 Å². The zero-order valence-corrected chi connectivity index (χ0v) is 21.8. The van der Waals surface area contributed by atoms with Gasteiger partial charge in [0.25, 0.3) is 0 Å². The summed E-state index contributed by atoms with van der Waals surface area (Å²) >= 11 is 1.49. The van der Waals surface area contributed by atoms with Gasteiger partial charge in [-0.2, -0.15) is 0 Å². The quantitative estimate of drug-likeness (QED) is 0.211. The lowest BCUT2D eigenvalue weighted by Crippen LogP contribution is -2.20. The topological polar surface area (TPSA) is 92.0 Å². The number of fused-ring (bicyclic) bond motifs is 1. The third-order valence-electron chi connectivity index (χ3n) is 6.08. The Bertz CT molecular complexity index is 1730. The van der Waals surface area contributed by atoms with E-state index in [0.717, 1.165) is 55.9 Å². The molecular weight excluding hydrogens is 510 g/mol. The number of benzene rings is 4. The van der Waals surface area contributed by atoms with Crippen molar-refractivity contribution in [3.8, 4) is 38.0 Å². The normalized spacial score (nSPS) is 11.0. The Labute approximate surface area is 228 Å². The van der Waals surface area contributed by atoms with E-state index in [1.165, 1.54) is 11.3 Å². The summed E-state index contributed by atoms with van der Waals surface area (Å²) in [5, 5.41) is 18.2. The minimum Gasteiger partial charge on any atom is -0.494 e.